The Balaban J connectivity index is 1.66. The van der Waals surface area contributed by atoms with Gasteiger partial charge < -0.3 is 0 Å². The number of nitrogens with zero attached hydrogens (tertiary/aromatic N) is 2. The third kappa shape index (κ3) is 3.49. The van der Waals surface area contributed by atoms with Crippen LogP contribution in [0.5, 0.6) is 0 Å². The quantitative estimate of drug-likeness (QED) is 0.733. The number of hydrogen-bond donors (Lipinski definition) is 1. The molecule has 5 nitrogen and oxygen atoms in total. The molecule has 0 unspecified atom stereocenters. The number of carbonyl (C=O) groups is 1. The lowest BCUT2D eigenvalue weighted by Crippen LogP contribution is -2.24. The summed E-state index contributed by atoms with van der Waals surface area (Å²) in [7, 11) is 0. The first-order valence-electron chi connectivity index (χ1n) is 7.42. The van der Waals surface area contributed by atoms with Crippen LogP contribution in [0.15, 0.2) is 60.8 Å². The van der Waals surface area contributed by atoms with Crippen LogP contribution >= 0.6 is 0 Å². The summed E-state index contributed by atoms with van der Waals surface area (Å²) in [5.41, 5.74) is 5.08. The number of carbonyl (C=O) groups excluding carboxylic acids is 1. The van der Waals surface area contributed by atoms with Crippen LogP contribution in [-0.4, -0.2) is 15.7 Å². The van der Waals surface area contributed by atoms with E-state index in [2.05, 4.69) is 10.6 Å². The summed E-state index contributed by atoms with van der Waals surface area (Å²) in [5.74, 6) is -0.701. The summed E-state index contributed by atoms with van der Waals surface area (Å²) in [5, 5.41) is 4.18. The molecule has 0 bridgehead atoms. The standard InChI is InChI=1S/C18H16FN3O2/c1-13-17(11-20-22(13)16-9-7-15(19)8-10-16)18(23)21-24-12-14-5-3-2-4-6-14/h2-11H,12H2,1H3,(H,21,23). The molecule has 6 heteroatoms. The molecule has 0 aliphatic rings. The fourth-order valence-corrected chi connectivity index (χ4v) is 2.29. The van der Waals surface area contributed by atoms with Gasteiger partial charge in [0, 0.05) is 0 Å². The van der Waals surface area contributed by atoms with Gasteiger partial charge in [0.05, 0.1) is 29.7 Å². The maximum absolute atomic E-state index is 13.0. The average molecular weight is 325 g/mol. The second-order valence-electron chi connectivity index (χ2n) is 5.24. The Kier molecular flexibility index (Phi) is 4.67. The van der Waals surface area contributed by atoms with Crippen LogP contribution in [0.4, 0.5) is 4.39 Å². The number of hydroxylamine groups is 1. The lowest BCUT2D eigenvalue weighted by atomic mass is 10.2. The molecule has 0 saturated carbocycles. The van der Waals surface area contributed by atoms with E-state index in [9.17, 15) is 9.18 Å². The first-order chi connectivity index (χ1) is 11.6. The van der Waals surface area contributed by atoms with Gasteiger partial charge in [-0.1, -0.05) is 30.3 Å². The van der Waals surface area contributed by atoms with Gasteiger partial charge in [-0.3, -0.25) is 9.63 Å². The molecule has 24 heavy (non-hydrogen) atoms. The molecule has 0 atom stereocenters. The molecule has 0 fully saturated rings. The summed E-state index contributed by atoms with van der Waals surface area (Å²) < 4.78 is 14.6. The predicted octanol–water partition coefficient (Wildman–Crippen LogP) is 3.18. The lowest BCUT2D eigenvalue weighted by Gasteiger charge is -2.07. The first-order valence-corrected chi connectivity index (χ1v) is 7.42. The van der Waals surface area contributed by atoms with Gasteiger partial charge in [-0.25, -0.2) is 14.6 Å². The summed E-state index contributed by atoms with van der Waals surface area (Å²) >= 11 is 0. The van der Waals surface area contributed by atoms with E-state index in [1.807, 2.05) is 30.3 Å². The highest BCUT2D eigenvalue weighted by atomic mass is 19.1. The highest BCUT2D eigenvalue weighted by Gasteiger charge is 2.15. The number of nitrogens with one attached hydrogen (secondary N) is 1. The zero-order valence-corrected chi connectivity index (χ0v) is 13.1. The molecule has 0 spiro atoms. The number of benzene rings is 2. The summed E-state index contributed by atoms with van der Waals surface area (Å²) in [6, 6.07) is 15.4. The van der Waals surface area contributed by atoms with Crippen molar-refractivity contribution < 1.29 is 14.0 Å². The van der Waals surface area contributed by atoms with Crippen molar-refractivity contribution >= 4 is 5.91 Å². The summed E-state index contributed by atoms with van der Waals surface area (Å²) in [6.07, 6.45) is 1.46. The Bertz CT molecular complexity index is 829. The van der Waals surface area contributed by atoms with Crippen LogP contribution < -0.4 is 5.48 Å². The number of aromatic nitrogens is 2. The Morgan fingerprint density at radius 2 is 1.88 bits per heavy atom. The Morgan fingerprint density at radius 3 is 2.58 bits per heavy atom. The molecule has 122 valence electrons. The molecule has 1 heterocycles. The van der Waals surface area contributed by atoms with Gasteiger partial charge in [0.2, 0.25) is 0 Å². The number of rotatable bonds is 5. The predicted molar refractivity (Wildman–Crippen MR) is 87.0 cm³/mol. The van der Waals surface area contributed by atoms with Crippen molar-refractivity contribution in [3.63, 3.8) is 0 Å². The maximum Gasteiger partial charge on any atom is 0.278 e. The molecule has 3 rings (SSSR count). The van der Waals surface area contributed by atoms with Crippen LogP contribution in [0, 0.1) is 12.7 Å². The van der Waals surface area contributed by atoms with Crippen molar-refractivity contribution in [1.29, 1.82) is 0 Å². The van der Waals surface area contributed by atoms with E-state index in [0.29, 0.717) is 16.9 Å². The van der Waals surface area contributed by atoms with Crippen molar-refractivity contribution in [3.05, 3.63) is 83.4 Å². The topological polar surface area (TPSA) is 56.1 Å². The molecule has 0 radical (unpaired) electrons. The van der Waals surface area contributed by atoms with Crippen LogP contribution in [0.25, 0.3) is 5.69 Å². The minimum absolute atomic E-state index is 0.276. The van der Waals surface area contributed by atoms with Crippen LogP contribution in [0.3, 0.4) is 0 Å². The molecule has 1 N–H and O–H groups in total. The monoisotopic (exact) mass is 325 g/mol. The minimum Gasteiger partial charge on any atom is -0.269 e. The van der Waals surface area contributed by atoms with Crippen molar-refractivity contribution in [1.82, 2.24) is 15.3 Å². The molecule has 3 aromatic rings. The van der Waals surface area contributed by atoms with Gasteiger partial charge in [-0.15, -0.1) is 0 Å². The zero-order valence-electron chi connectivity index (χ0n) is 13.1. The van der Waals surface area contributed by atoms with Gasteiger partial charge in [0.25, 0.3) is 5.91 Å². The van der Waals surface area contributed by atoms with Crippen molar-refractivity contribution in [2.75, 3.05) is 0 Å². The molecule has 2 aromatic carbocycles. The van der Waals surface area contributed by atoms with Gasteiger partial charge in [-0.05, 0) is 36.8 Å². The van der Waals surface area contributed by atoms with E-state index in [1.54, 1.807) is 23.7 Å². The molecule has 0 aliphatic heterocycles. The van der Waals surface area contributed by atoms with Crippen molar-refractivity contribution in [2.24, 2.45) is 0 Å². The van der Waals surface area contributed by atoms with Crippen LogP contribution in [-0.2, 0) is 11.4 Å². The smallest absolute Gasteiger partial charge is 0.269 e. The van der Waals surface area contributed by atoms with Crippen molar-refractivity contribution in [3.8, 4) is 5.69 Å². The number of halogens is 1. The van der Waals surface area contributed by atoms with E-state index in [4.69, 9.17) is 4.84 Å². The Hall–Kier alpha value is -2.99. The molecular weight excluding hydrogens is 309 g/mol. The zero-order chi connectivity index (χ0) is 16.9. The fourth-order valence-electron chi connectivity index (χ4n) is 2.29. The molecular formula is C18H16FN3O2. The van der Waals surface area contributed by atoms with E-state index in [1.165, 1.54) is 18.3 Å². The molecule has 0 aliphatic carbocycles. The fraction of sp³-hybridized carbons (Fsp3) is 0.111. The average Bonchev–Trinajstić information content (AvgIpc) is 2.98. The third-order valence-corrected chi connectivity index (χ3v) is 3.57. The largest absolute Gasteiger partial charge is 0.278 e. The second kappa shape index (κ2) is 7.06. The molecule has 0 saturated heterocycles. The highest BCUT2D eigenvalue weighted by Crippen LogP contribution is 2.14. The van der Waals surface area contributed by atoms with E-state index in [-0.39, 0.29) is 18.3 Å². The lowest BCUT2D eigenvalue weighted by molar-refractivity contribution is 0.0233. The minimum atomic E-state index is -0.378. The third-order valence-electron chi connectivity index (χ3n) is 3.57. The van der Waals surface area contributed by atoms with Crippen LogP contribution in [0.2, 0.25) is 0 Å². The first kappa shape index (κ1) is 15.9. The van der Waals surface area contributed by atoms with Gasteiger partial charge >= 0.3 is 0 Å². The second-order valence-corrected chi connectivity index (χ2v) is 5.24. The Morgan fingerprint density at radius 1 is 1.17 bits per heavy atom. The van der Waals surface area contributed by atoms with Gasteiger partial charge in [0.1, 0.15) is 5.82 Å². The molecule has 1 amide bonds. The van der Waals surface area contributed by atoms with Crippen LogP contribution in [0.1, 0.15) is 21.6 Å². The SMILES string of the molecule is Cc1c(C(=O)NOCc2ccccc2)cnn1-c1ccc(F)cc1. The van der Waals surface area contributed by atoms with E-state index < -0.39 is 0 Å². The Labute approximate surface area is 138 Å². The summed E-state index contributed by atoms with van der Waals surface area (Å²) in [6.45, 7) is 2.04. The maximum atomic E-state index is 13.0. The number of hydrogen-bond acceptors (Lipinski definition) is 3. The molecule has 1 aromatic heterocycles. The summed E-state index contributed by atoms with van der Waals surface area (Å²) in [4.78, 5) is 17.4. The number of amides is 1. The van der Waals surface area contributed by atoms with Gasteiger partial charge in [0.15, 0.2) is 0 Å². The normalized spacial score (nSPS) is 10.6. The van der Waals surface area contributed by atoms with E-state index >= 15 is 0 Å². The highest BCUT2D eigenvalue weighted by molar-refractivity contribution is 5.94. The van der Waals surface area contributed by atoms with Crippen molar-refractivity contribution in [2.45, 2.75) is 13.5 Å². The van der Waals surface area contributed by atoms with E-state index in [0.717, 1.165) is 5.56 Å². The van der Waals surface area contributed by atoms with Gasteiger partial charge in [-0.2, -0.15) is 5.10 Å².